The van der Waals surface area contributed by atoms with E-state index in [0.29, 0.717) is 13.2 Å². The maximum atomic E-state index is 11.8. The number of benzene rings is 1. The molecule has 0 N–H and O–H groups in total. The lowest BCUT2D eigenvalue weighted by molar-refractivity contribution is 0.159. The summed E-state index contributed by atoms with van der Waals surface area (Å²) in [7, 11) is -3.96. The molecule has 0 saturated carbocycles. The largest absolute Gasteiger partial charge is 0.449 e. The van der Waals surface area contributed by atoms with Gasteiger partial charge in [0, 0.05) is 5.16 Å². The second kappa shape index (κ2) is 6.98. The maximum Gasteiger partial charge on any atom is 0.423 e. The van der Waals surface area contributed by atoms with Crippen LogP contribution in [0.5, 0.6) is 0 Å². The fourth-order valence-corrected chi connectivity index (χ4v) is 1.88. The van der Waals surface area contributed by atoms with Crippen LogP contribution >= 0.6 is 0 Å². The van der Waals surface area contributed by atoms with E-state index < -0.39 is 10.1 Å². The van der Waals surface area contributed by atoms with Gasteiger partial charge in [-0.25, -0.2) is 0 Å². The van der Waals surface area contributed by atoms with Gasteiger partial charge in [-0.05, 0) is 32.9 Å². The Morgan fingerprint density at radius 2 is 1.63 bits per heavy atom. The standard InChI is InChI=1S/C12H17NO5S/c1-4-16-12(17-5-2)13-18-19(14,15)11-8-6-10(3)7-9-11/h6-9H,4-5H2,1-3H3. The van der Waals surface area contributed by atoms with Crippen LogP contribution in [0, 0.1) is 6.92 Å². The summed E-state index contributed by atoms with van der Waals surface area (Å²) in [6, 6.07) is 6.24. The Labute approximate surface area is 113 Å². The number of aryl methyl sites for hydroxylation is 1. The summed E-state index contributed by atoms with van der Waals surface area (Å²) < 4.78 is 38.1. The molecule has 0 radical (unpaired) electrons. The lowest BCUT2D eigenvalue weighted by atomic mass is 10.2. The van der Waals surface area contributed by atoms with Crippen molar-refractivity contribution in [2.75, 3.05) is 13.2 Å². The van der Waals surface area contributed by atoms with Gasteiger partial charge in [0.25, 0.3) is 0 Å². The highest BCUT2D eigenvalue weighted by Gasteiger charge is 2.16. The van der Waals surface area contributed by atoms with E-state index in [4.69, 9.17) is 9.47 Å². The SMILES string of the molecule is CCOC(=NOS(=O)(=O)c1ccc(C)cc1)OCC. The van der Waals surface area contributed by atoms with Crippen molar-refractivity contribution in [3.63, 3.8) is 0 Å². The molecule has 0 atom stereocenters. The van der Waals surface area contributed by atoms with Crippen molar-refractivity contribution in [2.45, 2.75) is 25.7 Å². The van der Waals surface area contributed by atoms with Crippen LogP contribution in [0.25, 0.3) is 0 Å². The van der Waals surface area contributed by atoms with E-state index in [1.54, 1.807) is 26.0 Å². The Morgan fingerprint density at radius 1 is 1.11 bits per heavy atom. The first kappa shape index (κ1) is 15.3. The molecular weight excluding hydrogens is 270 g/mol. The zero-order chi connectivity index (χ0) is 14.3. The zero-order valence-electron chi connectivity index (χ0n) is 11.1. The summed E-state index contributed by atoms with van der Waals surface area (Å²) in [4.78, 5) is 0.0224. The highest BCUT2D eigenvalue weighted by Crippen LogP contribution is 2.13. The Hall–Kier alpha value is -1.76. The molecule has 0 unspecified atom stereocenters. The van der Waals surface area contributed by atoms with E-state index >= 15 is 0 Å². The van der Waals surface area contributed by atoms with Crippen molar-refractivity contribution in [1.29, 1.82) is 0 Å². The first-order valence-electron chi connectivity index (χ1n) is 5.83. The lowest BCUT2D eigenvalue weighted by Gasteiger charge is -2.06. The number of rotatable bonds is 5. The molecule has 0 aromatic heterocycles. The van der Waals surface area contributed by atoms with Gasteiger partial charge in [0.05, 0.1) is 13.2 Å². The molecule has 1 rings (SSSR count). The van der Waals surface area contributed by atoms with Crippen LogP contribution in [0.3, 0.4) is 0 Å². The second-order valence-electron chi connectivity index (χ2n) is 3.56. The van der Waals surface area contributed by atoms with Crippen LogP contribution in [0.15, 0.2) is 34.3 Å². The fraction of sp³-hybridized carbons (Fsp3) is 0.417. The highest BCUT2D eigenvalue weighted by molar-refractivity contribution is 7.86. The average Bonchev–Trinajstić information content (AvgIpc) is 2.37. The van der Waals surface area contributed by atoms with E-state index in [1.807, 2.05) is 6.92 Å². The van der Waals surface area contributed by atoms with Crippen LogP contribution in [0.2, 0.25) is 0 Å². The third-order valence-electron chi connectivity index (χ3n) is 2.06. The molecule has 0 amide bonds. The summed E-state index contributed by atoms with van der Waals surface area (Å²) >= 11 is 0. The Bertz CT molecular complexity index is 514. The molecule has 6 nitrogen and oxygen atoms in total. The summed E-state index contributed by atoms with van der Waals surface area (Å²) in [5, 5.41) is 3.36. The van der Waals surface area contributed by atoms with Crippen molar-refractivity contribution in [3.05, 3.63) is 29.8 Å². The van der Waals surface area contributed by atoms with Crippen LogP contribution in [0.1, 0.15) is 19.4 Å². The van der Waals surface area contributed by atoms with Crippen molar-refractivity contribution in [1.82, 2.24) is 0 Å². The minimum absolute atomic E-state index is 0.0224. The third-order valence-corrected chi connectivity index (χ3v) is 3.18. The molecule has 7 heteroatoms. The fourth-order valence-electron chi connectivity index (χ4n) is 1.17. The topological polar surface area (TPSA) is 74.2 Å². The van der Waals surface area contributed by atoms with Gasteiger partial charge in [0.1, 0.15) is 4.90 Å². The molecule has 106 valence electrons. The monoisotopic (exact) mass is 287 g/mol. The molecule has 19 heavy (non-hydrogen) atoms. The van der Waals surface area contributed by atoms with Gasteiger partial charge in [-0.2, -0.15) is 8.42 Å². The van der Waals surface area contributed by atoms with Gasteiger partial charge < -0.3 is 9.47 Å². The summed E-state index contributed by atoms with van der Waals surface area (Å²) in [5.74, 6) is 0. The first-order valence-corrected chi connectivity index (χ1v) is 7.24. The van der Waals surface area contributed by atoms with E-state index in [0.717, 1.165) is 5.56 Å². The lowest BCUT2D eigenvalue weighted by Crippen LogP contribution is -2.12. The zero-order valence-corrected chi connectivity index (χ0v) is 11.9. The Balaban J connectivity index is 2.84. The number of hydrogen-bond acceptors (Lipinski definition) is 6. The molecule has 1 aromatic carbocycles. The highest BCUT2D eigenvalue weighted by atomic mass is 32.2. The maximum absolute atomic E-state index is 11.8. The van der Waals surface area contributed by atoms with E-state index in [1.165, 1.54) is 12.1 Å². The van der Waals surface area contributed by atoms with Crippen molar-refractivity contribution < 1.29 is 22.2 Å². The van der Waals surface area contributed by atoms with Crippen LogP contribution in [-0.2, 0) is 23.9 Å². The van der Waals surface area contributed by atoms with Crippen molar-refractivity contribution in [2.24, 2.45) is 5.16 Å². The van der Waals surface area contributed by atoms with Gasteiger partial charge >= 0.3 is 16.2 Å². The minimum Gasteiger partial charge on any atom is -0.449 e. The molecule has 0 bridgehead atoms. The smallest absolute Gasteiger partial charge is 0.423 e. The molecular formula is C12H17NO5S. The molecule has 0 aliphatic carbocycles. The van der Waals surface area contributed by atoms with Gasteiger partial charge in [-0.1, -0.05) is 17.7 Å². The van der Waals surface area contributed by atoms with Gasteiger partial charge in [0.2, 0.25) is 0 Å². The van der Waals surface area contributed by atoms with Crippen LogP contribution in [-0.4, -0.2) is 27.7 Å². The Morgan fingerprint density at radius 3 is 2.11 bits per heavy atom. The number of hydrogen-bond donors (Lipinski definition) is 0. The van der Waals surface area contributed by atoms with Gasteiger partial charge in [0.15, 0.2) is 0 Å². The molecule has 1 aromatic rings. The van der Waals surface area contributed by atoms with Gasteiger partial charge in [-0.15, -0.1) is 0 Å². The molecule has 0 saturated heterocycles. The van der Waals surface area contributed by atoms with E-state index in [-0.39, 0.29) is 11.0 Å². The summed E-state index contributed by atoms with van der Waals surface area (Å²) in [5.41, 5.74) is 0.951. The molecule has 0 aliphatic rings. The van der Waals surface area contributed by atoms with Crippen molar-refractivity contribution in [3.8, 4) is 0 Å². The second-order valence-corrected chi connectivity index (χ2v) is 5.09. The molecule has 0 aliphatic heterocycles. The number of ether oxygens (including phenoxy) is 2. The molecule has 0 fully saturated rings. The van der Waals surface area contributed by atoms with E-state index in [2.05, 4.69) is 9.44 Å². The number of oxime groups is 1. The first-order chi connectivity index (χ1) is 8.99. The summed E-state index contributed by atoms with van der Waals surface area (Å²) in [6.07, 6.45) is -0.208. The quantitative estimate of drug-likeness (QED) is 0.470. The average molecular weight is 287 g/mol. The number of nitrogens with zero attached hydrogens (tertiary/aromatic N) is 1. The van der Waals surface area contributed by atoms with Crippen LogP contribution < -0.4 is 0 Å². The van der Waals surface area contributed by atoms with Crippen molar-refractivity contribution >= 4 is 16.2 Å². The minimum atomic E-state index is -3.96. The normalized spacial score (nSPS) is 10.7. The third kappa shape index (κ3) is 4.78. The summed E-state index contributed by atoms with van der Waals surface area (Å²) in [6.45, 7) is 5.91. The Kier molecular flexibility index (Phi) is 5.62. The van der Waals surface area contributed by atoms with Gasteiger partial charge in [-0.3, -0.25) is 4.28 Å². The predicted octanol–water partition coefficient (Wildman–Crippen LogP) is 2.04. The van der Waals surface area contributed by atoms with Crippen LogP contribution in [0.4, 0.5) is 0 Å². The molecule has 0 spiro atoms. The van der Waals surface area contributed by atoms with E-state index in [9.17, 15) is 8.42 Å². The molecule has 0 heterocycles. The predicted molar refractivity (Wildman–Crippen MR) is 70.1 cm³/mol.